The number of aryl methyl sites for hydroxylation is 2. The van der Waals surface area contributed by atoms with Gasteiger partial charge in [-0.05, 0) is 68.4 Å². The molecule has 7 heteroatoms. The van der Waals surface area contributed by atoms with Crippen LogP contribution >= 0.6 is 23.8 Å². The van der Waals surface area contributed by atoms with Gasteiger partial charge in [-0.2, -0.15) is 0 Å². The van der Waals surface area contributed by atoms with Gasteiger partial charge in [0, 0.05) is 22.8 Å². The minimum atomic E-state index is -0.996. The number of ether oxygens (including phenoxy) is 1. The second-order valence-corrected chi connectivity index (χ2v) is 9.94. The van der Waals surface area contributed by atoms with E-state index in [1.807, 2.05) is 86.3 Å². The van der Waals surface area contributed by atoms with Crippen LogP contribution in [0.1, 0.15) is 35.2 Å². The highest BCUT2D eigenvalue weighted by Gasteiger charge is 2.58. The fourth-order valence-corrected chi connectivity index (χ4v) is 5.46. The van der Waals surface area contributed by atoms with Crippen molar-refractivity contribution >= 4 is 40.5 Å². The summed E-state index contributed by atoms with van der Waals surface area (Å²) in [6.45, 7) is 6.46. The minimum Gasteiger partial charge on any atom is -0.467 e. The monoisotopic (exact) mass is 491 g/mol. The summed E-state index contributed by atoms with van der Waals surface area (Å²) in [6, 6.07) is 21.1. The van der Waals surface area contributed by atoms with Gasteiger partial charge in [-0.1, -0.05) is 59.6 Å². The second-order valence-electron chi connectivity index (χ2n) is 9.12. The number of nitrogens with one attached hydrogen (secondary N) is 2. The third-order valence-electron chi connectivity index (χ3n) is 6.72. The summed E-state index contributed by atoms with van der Waals surface area (Å²) in [4.78, 5) is 15.8. The lowest BCUT2D eigenvalue weighted by atomic mass is 9.78. The van der Waals surface area contributed by atoms with Crippen LogP contribution in [-0.4, -0.2) is 21.6 Å². The van der Waals surface area contributed by atoms with E-state index < -0.39 is 11.6 Å². The quantitative estimate of drug-likeness (QED) is 0.455. The highest BCUT2D eigenvalue weighted by molar-refractivity contribution is 7.80. The highest BCUT2D eigenvalue weighted by atomic mass is 35.5. The molecular formula is C27H26ClN3O2S. The number of nitrogens with zero attached hydrogens (tertiary/aromatic N) is 1. The van der Waals surface area contributed by atoms with Gasteiger partial charge >= 0.3 is 0 Å². The number of hydrogen-bond acceptors (Lipinski definition) is 3. The Balaban J connectivity index is 1.55. The predicted octanol–water partition coefficient (Wildman–Crippen LogP) is 5.75. The molecule has 2 aliphatic rings. The maximum Gasteiger partial charge on any atom is 0.236 e. The van der Waals surface area contributed by atoms with E-state index in [4.69, 9.17) is 28.6 Å². The molecule has 1 amide bonds. The molecule has 0 aromatic heterocycles. The fourth-order valence-electron chi connectivity index (χ4n) is 4.96. The van der Waals surface area contributed by atoms with Gasteiger partial charge in [-0.15, -0.1) is 0 Å². The molecule has 0 saturated carbocycles. The van der Waals surface area contributed by atoms with Gasteiger partial charge in [0.15, 0.2) is 10.8 Å². The Bertz CT molecular complexity index is 1280. The number of halogens is 1. The molecule has 2 heterocycles. The van der Waals surface area contributed by atoms with Crippen molar-refractivity contribution in [3.63, 3.8) is 0 Å². The van der Waals surface area contributed by atoms with E-state index in [9.17, 15) is 4.79 Å². The zero-order valence-corrected chi connectivity index (χ0v) is 20.8. The number of carbonyl (C=O) groups excluding carboxylic acids is 1. The van der Waals surface area contributed by atoms with E-state index in [0.29, 0.717) is 16.7 Å². The lowest BCUT2D eigenvalue weighted by Crippen LogP contribution is -2.71. The number of anilines is 1. The van der Waals surface area contributed by atoms with Gasteiger partial charge in [-0.25, -0.2) is 0 Å². The van der Waals surface area contributed by atoms with Crippen LogP contribution in [0.5, 0.6) is 5.75 Å². The van der Waals surface area contributed by atoms with Crippen molar-refractivity contribution < 1.29 is 9.53 Å². The average molecular weight is 492 g/mol. The molecule has 1 saturated heterocycles. The van der Waals surface area contributed by atoms with Crippen LogP contribution in [0, 0.1) is 19.8 Å². The Morgan fingerprint density at radius 1 is 1.15 bits per heavy atom. The molecule has 3 atom stereocenters. The molecule has 0 aliphatic carbocycles. The number of para-hydroxylation sites is 1. The first-order chi connectivity index (χ1) is 16.3. The number of hydrogen-bond donors (Lipinski definition) is 2. The summed E-state index contributed by atoms with van der Waals surface area (Å²) in [5.41, 5.74) is 3.91. The van der Waals surface area contributed by atoms with Gasteiger partial charge < -0.3 is 20.3 Å². The van der Waals surface area contributed by atoms with Gasteiger partial charge in [0.2, 0.25) is 5.91 Å². The van der Waals surface area contributed by atoms with E-state index in [2.05, 4.69) is 16.7 Å². The summed E-state index contributed by atoms with van der Waals surface area (Å²) < 4.78 is 6.60. The van der Waals surface area contributed by atoms with E-state index in [1.165, 1.54) is 0 Å². The summed E-state index contributed by atoms with van der Waals surface area (Å²) in [7, 11) is 0. The van der Waals surface area contributed by atoms with Gasteiger partial charge in [0.25, 0.3) is 0 Å². The molecule has 2 bridgehead atoms. The Hall–Kier alpha value is -3.09. The number of amides is 1. The van der Waals surface area contributed by atoms with Crippen molar-refractivity contribution in [2.24, 2.45) is 5.92 Å². The third-order valence-corrected chi connectivity index (χ3v) is 7.31. The average Bonchev–Trinajstić information content (AvgIpc) is 2.79. The normalized spacial score (nSPS) is 22.9. The number of thiocarbonyl (C=S) groups is 1. The van der Waals surface area contributed by atoms with E-state index in [0.717, 1.165) is 33.7 Å². The maximum atomic E-state index is 13.9. The molecule has 3 aromatic rings. The molecule has 1 fully saturated rings. The smallest absolute Gasteiger partial charge is 0.236 e. The van der Waals surface area contributed by atoms with Crippen LogP contribution in [-0.2, 0) is 11.3 Å². The Labute approximate surface area is 210 Å². The molecule has 0 spiro atoms. The summed E-state index contributed by atoms with van der Waals surface area (Å²) in [5, 5.41) is 7.81. The molecule has 2 aliphatic heterocycles. The van der Waals surface area contributed by atoms with Gasteiger partial charge in [0.05, 0.1) is 6.04 Å². The number of rotatable bonds is 4. The third kappa shape index (κ3) is 3.91. The molecular weight excluding hydrogens is 466 g/mol. The van der Waals surface area contributed by atoms with Crippen LogP contribution in [0.25, 0.3) is 0 Å². The Morgan fingerprint density at radius 3 is 2.62 bits per heavy atom. The van der Waals surface area contributed by atoms with Crippen LogP contribution in [0.2, 0.25) is 5.02 Å². The van der Waals surface area contributed by atoms with Crippen molar-refractivity contribution in [2.45, 2.75) is 39.1 Å². The van der Waals surface area contributed by atoms with E-state index in [1.54, 1.807) is 0 Å². The Morgan fingerprint density at radius 2 is 1.88 bits per heavy atom. The maximum absolute atomic E-state index is 13.9. The molecule has 5 rings (SSSR count). The number of benzene rings is 3. The molecule has 174 valence electrons. The van der Waals surface area contributed by atoms with Crippen molar-refractivity contribution in [3.8, 4) is 5.75 Å². The van der Waals surface area contributed by atoms with Crippen molar-refractivity contribution in [2.75, 3.05) is 5.32 Å². The topological polar surface area (TPSA) is 53.6 Å². The number of fused-ring (bicyclic) bond motifs is 4. The standard InChI is InChI=1S/C27H26ClN3O2S/c1-16-8-13-21(17(2)14-16)29-25(32)23-24-20-6-4-5-7-22(20)33-27(23,3)31(26(34)30-24)15-18-9-11-19(28)12-10-18/h4-14,23-24H,15H2,1-3H3,(H,29,32)(H,30,34). The van der Waals surface area contributed by atoms with Crippen molar-refractivity contribution in [1.82, 2.24) is 10.2 Å². The molecule has 3 aromatic carbocycles. The van der Waals surface area contributed by atoms with Crippen LogP contribution < -0.4 is 15.4 Å². The predicted molar refractivity (Wildman–Crippen MR) is 139 cm³/mol. The van der Waals surface area contributed by atoms with Crippen molar-refractivity contribution in [3.05, 3.63) is 94.0 Å². The molecule has 3 unspecified atom stereocenters. The van der Waals surface area contributed by atoms with Gasteiger partial charge in [0.1, 0.15) is 11.7 Å². The lowest BCUT2D eigenvalue weighted by Gasteiger charge is -2.56. The molecule has 0 radical (unpaired) electrons. The van der Waals surface area contributed by atoms with Crippen LogP contribution in [0.3, 0.4) is 0 Å². The SMILES string of the molecule is Cc1ccc(NC(=O)C2C3NC(=S)N(Cc4ccc(Cl)cc4)C2(C)Oc2ccccc23)c(C)c1. The number of carbonyl (C=O) groups is 1. The zero-order valence-electron chi connectivity index (χ0n) is 19.3. The van der Waals surface area contributed by atoms with E-state index >= 15 is 0 Å². The first-order valence-electron chi connectivity index (χ1n) is 11.2. The van der Waals surface area contributed by atoms with Crippen molar-refractivity contribution in [1.29, 1.82) is 0 Å². The largest absolute Gasteiger partial charge is 0.467 e. The Kier molecular flexibility index (Phi) is 5.74. The molecule has 34 heavy (non-hydrogen) atoms. The molecule has 5 nitrogen and oxygen atoms in total. The van der Waals surface area contributed by atoms with Gasteiger partial charge in [-0.3, -0.25) is 4.79 Å². The zero-order chi connectivity index (χ0) is 24.0. The first kappa shape index (κ1) is 22.7. The van der Waals surface area contributed by atoms with E-state index in [-0.39, 0.29) is 11.9 Å². The minimum absolute atomic E-state index is 0.120. The second kappa shape index (κ2) is 8.60. The fraction of sp³-hybridized carbons (Fsp3) is 0.259. The first-order valence-corrected chi connectivity index (χ1v) is 12.0. The van der Waals surface area contributed by atoms with Crippen LogP contribution in [0.15, 0.2) is 66.7 Å². The molecule has 2 N–H and O–H groups in total. The summed E-state index contributed by atoms with van der Waals surface area (Å²) >= 11 is 11.9. The lowest BCUT2D eigenvalue weighted by molar-refractivity contribution is -0.150. The summed E-state index contributed by atoms with van der Waals surface area (Å²) in [6.07, 6.45) is 0. The summed E-state index contributed by atoms with van der Waals surface area (Å²) in [5.74, 6) is 0.0776. The highest BCUT2D eigenvalue weighted by Crippen LogP contribution is 2.49. The van der Waals surface area contributed by atoms with Crippen LogP contribution in [0.4, 0.5) is 5.69 Å².